The molecule has 3 aromatic rings. The minimum atomic E-state index is -1.03. The number of aromatic nitrogens is 1. The molecule has 1 amide bonds. The SMILES string of the molecule is O=C(NCC(C(=O)O)c1ccccc1)c1cc(=O)[nH]c2ccccc12. The maximum Gasteiger partial charge on any atom is 0.312 e. The second-order valence-corrected chi connectivity index (χ2v) is 5.60. The molecule has 0 spiro atoms. The van der Waals surface area contributed by atoms with E-state index in [1.807, 2.05) is 0 Å². The first kappa shape index (κ1) is 16.4. The van der Waals surface area contributed by atoms with Crippen LogP contribution in [0.1, 0.15) is 21.8 Å². The molecule has 0 fully saturated rings. The summed E-state index contributed by atoms with van der Waals surface area (Å²) in [6.45, 7) is -0.0701. The van der Waals surface area contributed by atoms with Crippen LogP contribution in [0.2, 0.25) is 0 Å². The summed E-state index contributed by atoms with van der Waals surface area (Å²) >= 11 is 0. The van der Waals surface area contributed by atoms with E-state index in [4.69, 9.17) is 0 Å². The molecule has 6 nitrogen and oxygen atoms in total. The molecule has 1 atom stereocenters. The lowest BCUT2D eigenvalue weighted by atomic mass is 9.99. The van der Waals surface area contributed by atoms with Gasteiger partial charge in [-0.1, -0.05) is 48.5 Å². The van der Waals surface area contributed by atoms with Crippen LogP contribution in [0.4, 0.5) is 0 Å². The van der Waals surface area contributed by atoms with Crippen LogP contribution in [0.25, 0.3) is 10.9 Å². The van der Waals surface area contributed by atoms with Gasteiger partial charge in [0.2, 0.25) is 5.56 Å². The second-order valence-electron chi connectivity index (χ2n) is 5.60. The van der Waals surface area contributed by atoms with Crippen LogP contribution in [0, 0.1) is 0 Å². The number of para-hydroxylation sites is 1. The highest BCUT2D eigenvalue weighted by Crippen LogP contribution is 2.17. The predicted molar refractivity (Wildman–Crippen MR) is 93.7 cm³/mol. The van der Waals surface area contributed by atoms with E-state index in [-0.39, 0.29) is 17.7 Å². The molecule has 0 aliphatic heterocycles. The number of aromatic amines is 1. The van der Waals surface area contributed by atoms with Crippen molar-refractivity contribution >= 4 is 22.8 Å². The van der Waals surface area contributed by atoms with Crippen molar-refractivity contribution < 1.29 is 14.7 Å². The van der Waals surface area contributed by atoms with Gasteiger partial charge >= 0.3 is 5.97 Å². The number of rotatable bonds is 5. The lowest BCUT2D eigenvalue weighted by Crippen LogP contribution is -2.32. The summed E-state index contributed by atoms with van der Waals surface area (Å²) in [6.07, 6.45) is 0. The Morgan fingerprint density at radius 3 is 2.44 bits per heavy atom. The molecule has 25 heavy (non-hydrogen) atoms. The zero-order valence-corrected chi connectivity index (χ0v) is 13.2. The highest BCUT2D eigenvalue weighted by atomic mass is 16.4. The predicted octanol–water partition coefficient (Wildman–Crippen LogP) is 2.13. The molecule has 1 aromatic heterocycles. The Morgan fingerprint density at radius 2 is 1.72 bits per heavy atom. The van der Waals surface area contributed by atoms with Crippen LogP contribution in [-0.4, -0.2) is 28.5 Å². The highest BCUT2D eigenvalue weighted by molar-refractivity contribution is 6.06. The molecule has 126 valence electrons. The third kappa shape index (κ3) is 3.58. The van der Waals surface area contributed by atoms with E-state index in [0.717, 1.165) is 0 Å². The highest BCUT2D eigenvalue weighted by Gasteiger charge is 2.21. The molecule has 0 saturated carbocycles. The van der Waals surface area contributed by atoms with Crippen molar-refractivity contribution in [2.75, 3.05) is 6.54 Å². The van der Waals surface area contributed by atoms with Gasteiger partial charge in [0.05, 0.1) is 11.5 Å². The van der Waals surface area contributed by atoms with E-state index in [0.29, 0.717) is 16.5 Å². The molecule has 6 heteroatoms. The van der Waals surface area contributed by atoms with E-state index >= 15 is 0 Å². The Hall–Kier alpha value is -3.41. The van der Waals surface area contributed by atoms with Gasteiger partial charge in [-0.15, -0.1) is 0 Å². The maximum atomic E-state index is 12.5. The second kappa shape index (κ2) is 7.00. The zero-order chi connectivity index (χ0) is 17.8. The van der Waals surface area contributed by atoms with Crippen molar-refractivity contribution in [3.8, 4) is 0 Å². The smallest absolute Gasteiger partial charge is 0.312 e. The number of hydrogen-bond acceptors (Lipinski definition) is 3. The lowest BCUT2D eigenvalue weighted by Gasteiger charge is -2.14. The zero-order valence-electron chi connectivity index (χ0n) is 13.2. The number of benzene rings is 2. The van der Waals surface area contributed by atoms with Crippen molar-refractivity contribution in [1.82, 2.24) is 10.3 Å². The number of carboxylic acid groups (broad SMARTS) is 1. The minimum absolute atomic E-state index is 0.0701. The molecular formula is C19H16N2O4. The van der Waals surface area contributed by atoms with Crippen molar-refractivity contribution in [1.29, 1.82) is 0 Å². The molecule has 3 N–H and O–H groups in total. The first-order chi connectivity index (χ1) is 12.1. The van der Waals surface area contributed by atoms with Crippen molar-refractivity contribution in [3.05, 3.63) is 82.1 Å². The number of amides is 1. The summed E-state index contributed by atoms with van der Waals surface area (Å²) in [6, 6.07) is 16.9. The number of hydrogen-bond donors (Lipinski definition) is 3. The molecule has 0 aliphatic carbocycles. The van der Waals surface area contributed by atoms with Gasteiger partial charge in [0, 0.05) is 23.5 Å². The first-order valence-electron chi connectivity index (χ1n) is 7.74. The quantitative estimate of drug-likeness (QED) is 0.664. The van der Waals surface area contributed by atoms with Crippen molar-refractivity contribution in [3.63, 3.8) is 0 Å². The fourth-order valence-electron chi connectivity index (χ4n) is 2.72. The van der Waals surface area contributed by atoms with Gasteiger partial charge in [-0.25, -0.2) is 0 Å². The summed E-state index contributed by atoms with van der Waals surface area (Å²) in [5.74, 6) is -2.37. The number of carbonyl (C=O) groups excluding carboxylic acids is 1. The molecule has 2 aromatic carbocycles. The molecule has 3 rings (SSSR count). The van der Waals surface area contributed by atoms with E-state index in [1.54, 1.807) is 54.6 Å². The van der Waals surface area contributed by atoms with Crippen LogP contribution in [0.5, 0.6) is 0 Å². The maximum absolute atomic E-state index is 12.5. The monoisotopic (exact) mass is 336 g/mol. The molecular weight excluding hydrogens is 320 g/mol. The van der Waals surface area contributed by atoms with Gasteiger partial charge < -0.3 is 15.4 Å². The van der Waals surface area contributed by atoms with E-state index in [1.165, 1.54) is 6.07 Å². The van der Waals surface area contributed by atoms with Crippen molar-refractivity contribution in [2.45, 2.75) is 5.92 Å². The van der Waals surface area contributed by atoms with Crippen LogP contribution in [-0.2, 0) is 4.79 Å². The van der Waals surface area contributed by atoms with Crippen molar-refractivity contribution in [2.24, 2.45) is 0 Å². The fourth-order valence-corrected chi connectivity index (χ4v) is 2.72. The summed E-state index contributed by atoms with van der Waals surface area (Å²) in [5.41, 5.74) is 0.988. The van der Waals surface area contributed by atoms with Crippen LogP contribution in [0.15, 0.2) is 65.5 Å². The topological polar surface area (TPSA) is 99.3 Å². The summed E-state index contributed by atoms with van der Waals surface area (Å²) in [7, 11) is 0. The molecule has 0 radical (unpaired) electrons. The Labute approximate surface area is 143 Å². The number of pyridine rings is 1. The van der Waals surface area contributed by atoms with Gasteiger partial charge in [-0.2, -0.15) is 0 Å². The minimum Gasteiger partial charge on any atom is -0.481 e. The average Bonchev–Trinajstić information content (AvgIpc) is 2.61. The molecule has 0 aliphatic rings. The third-order valence-corrected chi connectivity index (χ3v) is 3.96. The van der Waals surface area contributed by atoms with Gasteiger partial charge in [0.25, 0.3) is 5.91 Å². The van der Waals surface area contributed by atoms with E-state index in [9.17, 15) is 19.5 Å². The summed E-state index contributed by atoms with van der Waals surface area (Å²) in [4.78, 5) is 38.4. The Bertz CT molecular complexity index is 979. The Morgan fingerprint density at radius 1 is 1.04 bits per heavy atom. The number of carbonyl (C=O) groups is 2. The van der Waals surface area contributed by atoms with Gasteiger partial charge in [-0.3, -0.25) is 14.4 Å². The van der Waals surface area contributed by atoms with Gasteiger partial charge in [0.15, 0.2) is 0 Å². The van der Waals surface area contributed by atoms with E-state index in [2.05, 4.69) is 10.3 Å². The largest absolute Gasteiger partial charge is 0.481 e. The first-order valence-corrected chi connectivity index (χ1v) is 7.74. The lowest BCUT2D eigenvalue weighted by molar-refractivity contribution is -0.138. The van der Waals surface area contributed by atoms with Crippen LogP contribution < -0.4 is 10.9 Å². The average molecular weight is 336 g/mol. The molecule has 1 heterocycles. The number of carboxylic acids is 1. The molecule has 0 saturated heterocycles. The van der Waals surface area contributed by atoms with Crippen LogP contribution in [0.3, 0.4) is 0 Å². The normalized spacial score (nSPS) is 11.8. The fraction of sp³-hybridized carbons (Fsp3) is 0.105. The standard InChI is InChI=1S/C19H16N2O4/c22-17-10-14(13-8-4-5-9-16(13)21-17)18(23)20-11-15(19(24)25)12-6-2-1-3-7-12/h1-10,15H,11H2,(H,20,23)(H,21,22)(H,24,25). The number of nitrogens with one attached hydrogen (secondary N) is 2. The van der Waals surface area contributed by atoms with Gasteiger partial charge in [0.1, 0.15) is 0 Å². The Kier molecular flexibility index (Phi) is 4.61. The molecule has 1 unspecified atom stereocenters. The number of aliphatic carboxylic acids is 1. The number of fused-ring (bicyclic) bond motifs is 1. The number of H-pyrrole nitrogens is 1. The summed E-state index contributed by atoms with van der Waals surface area (Å²) < 4.78 is 0. The van der Waals surface area contributed by atoms with E-state index < -0.39 is 17.8 Å². The Balaban J connectivity index is 1.85. The van der Waals surface area contributed by atoms with Crippen LogP contribution >= 0.6 is 0 Å². The van der Waals surface area contributed by atoms with Gasteiger partial charge in [-0.05, 0) is 11.6 Å². The molecule has 0 bridgehead atoms. The summed E-state index contributed by atoms with van der Waals surface area (Å²) in [5, 5.41) is 12.6. The third-order valence-electron chi connectivity index (χ3n) is 3.96.